The number of nitrogens with zero attached hydrogens (tertiary/aromatic N) is 3. The van der Waals surface area contributed by atoms with Crippen molar-refractivity contribution in [1.82, 2.24) is 14.8 Å². The Balaban J connectivity index is 1.47. The number of thioether (sulfide) groups is 1. The molecule has 1 aliphatic heterocycles. The molecule has 0 radical (unpaired) electrons. The Hall–Kier alpha value is -3.46. The molecule has 0 saturated heterocycles. The van der Waals surface area contributed by atoms with E-state index in [1.165, 1.54) is 30.3 Å². The molecule has 0 aliphatic carbocycles. The maximum absolute atomic E-state index is 14.1. The van der Waals surface area contributed by atoms with Gasteiger partial charge in [-0.1, -0.05) is 23.9 Å². The Morgan fingerprint density at radius 3 is 2.39 bits per heavy atom. The molecule has 168 valence electrons. The number of benzene rings is 3. The second-order valence-electron chi connectivity index (χ2n) is 7.46. The van der Waals surface area contributed by atoms with E-state index in [0.29, 0.717) is 34.6 Å². The lowest BCUT2D eigenvalue weighted by atomic mass is 10.1. The normalized spacial score (nSPS) is 14.6. The summed E-state index contributed by atoms with van der Waals surface area (Å²) in [7, 11) is 0. The van der Waals surface area contributed by atoms with Crippen LogP contribution in [0, 0.1) is 17.5 Å². The molecule has 1 aliphatic rings. The van der Waals surface area contributed by atoms with Crippen LogP contribution in [0.1, 0.15) is 23.9 Å². The molecule has 2 heterocycles. The minimum atomic E-state index is -0.620. The molecular weight excluding hydrogens is 451 g/mol. The van der Waals surface area contributed by atoms with E-state index in [9.17, 15) is 13.2 Å². The molecule has 33 heavy (non-hydrogen) atoms. The Kier molecular flexibility index (Phi) is 5.72. The predicted molar refractivity (Wildman–Crippen MR) is 117 cm³/mol. The van der Waals surface area contributed by atoms with Crippen molar-refractivity contribution in [2.75, 3.05) is 0 Å². The first kappa shape index (κ1) is 21.4. The average Bonchev–Trinajstić information content (AvgIpc) is 3.36. The maximum atomic E-state index is 14.1. The summed E-state index contributed by atoms with van der Waals surface area (Å²) < 4.78 is 54.7. The van der Waals surface area contributed by atoms with Gasteiger partial charge in [-0.3, -0.25) is 4.57 Å². The lowest BCUT2D eigenvalue weighted by Crippen LogP contribution is -2.11. The van der Waals surface area contributed by atoms with E-state index in [4.69, 9.17) is 9.47 Å². The molecule has 1 atom stereocenters. The summed E-state index contributed by atoms with van der Waals surface area (Å²) in [5, 5.41) is 9.00. The quantitative estimate of drug-likeness (QED) is 0.340. The first-order valence-corrected chi connectivity index (χ1v) is 11.2. The number of halogens is 3. The topological polar surface area (TPSA) is 49.2 Å². The van der Waals surface area contributed by atoms with Crippen LogP contribution in [-0.4, -0.2) is 21.1 Å². The molecule has 5 nitrogen and oxygen atoms in total. The van der Waals surface area contributed by atoms with Gasteiger partial charge < -0.3 is 9.47 Å². The van der Waals surface area contributed by atoms with Crippen molar-refractivity contribution in [2.45, 2.75) is 30.5 Å². The smallest absolute Gasteiger partial charge is 0.238 e. The summed E-state index contributed by atoms with van der Waals surface area (Å²) in [6, 6.07) is 15.3. The van der Waals surface area contributed by atoms with Crippen LogP contribution in [-0.2, 0) is 12.2 Å². The van der Waals surface area contributed by atoms with Gasteiger partial charge in [-0.15, -0.1) is 10.2 Å². The minimum absolute atomic E-state index is 0.0275. The van der Waals surface area contributed by atoms with Gasteiger partial charge in [-0.2, -0.15) is 0 Å². The van der Waals surface area contributed by atoms with Crippen molar-refractivity contribution >= 4 is 11.8 Å². The molecule has 1 aromatic heterocycles. The highest BCUT2D eigenvalue weighted by atomic mass is 32.2. The van der Waals surface area contributed by atoms with E-state index in [2.05, 4.69) is 10.2 Å². The van der Waals surface area contributed by atoms with Crippen molar-refractivity contribution in [3.05, 3.63) is 95.1 Å². The van der Waals surface area contributed by atoms with Crippen LogP contribution in [0.4, 0.5) is 13.2 Å². The zero-order valence-electron chi connectivity index (χ0n) is 17.5. The van der Waals surface area contributed by atoms with Crippen LogP contribution in [0.15, 0.2) is 65.8 Å². The molecule has 1 unspecified atom stereocenters. The summed E-state index contributed by atoms with van der Waals surface area (Å²) in [5.74, 6) is 0.327. The standard InChI is InChI=1S/C24H18F3N3O2S/c1-14-31-21-10-5-15(11-22(21)32-14)12-23-28-29-24(30(23)17-8-6-16(25)7-9-17)33-13-18-19(26)3-2-4-20(18)27/h2-11,14H,12-13H2,1H3. The van der Waals surface area contributed by atoms with Gasteiger partial charge in [0.25, 0.3) is 0 Å². The van der Waals surface area contributed by atoms with E-state index in [1.54, 1.807) is 16.7 Å². The lowest BCUT2D eigenvalue weighted by molar-refractivity contribution is 0.0678. The number of rotatable bonds is 6. The van der Waals surface area contributed by atoms with Crippen LogP contribution < -0.4 is 9.47 Å². The maximum Gasteiger partial charge on any atom is 0.238 e. The Morgan fingerprint density at radius 1 is 0.909 bits per heavy atom. The van der Waals surface area contributed by atoms with Gasteiger partial charge in [-0.25, -0.2) is 13.2 Å². The van der Waals surface area contributed by atoms with Gasteiger partial charge in [-0.05, 0) is 54.1 Å². The highest BCUT2D eigenvalue weighted by molar-refractivity contribution is 7.98. The van der Waals surface area contributed by atoms with Crippen LogP contribution in [0.5, 0.6) is 11.5 Å². The summed E-state index contributed by atoms with van der Waals surface area (Å²) in [6.45, 7) is 1.81. The Bertz CT molecular complexity index is 1290. The summed E-state index contributed by atoms with van der Waals surface area (Å²) in [6.07, 6.45) is 0.0594. The molecule has 5 rings (SSSR count). The van der Waals surface area contributed by atoms with Gasteiger partial charge in [0.2, 0.25) is 6.29 Å². The van der Waals surface area contributed by atoms with Gasteiger partial charge in [0.1, 0.15) is 23.3 Å². The third kappa shape index (κ3) is 4.41. The fraction of sp³-hybridized carbons (Fsp3) is 0.167. The van der Waals surface area contributed by atoms with Crippen LogP contribution in [0.3, 0.4) is 0 Å². The third-order valence-corrected chi connectivity index (χ3v) is 6.10. The molecule has 0 saturated carbocycles. The van der Waals surface area contributed by atoms with Crippen molar-refractivity contribution in [1.29, 1.82) is 0 Å². The fourth-order valence-corrected chi connectivity index (χ4v) is 4.57. The third-order valence-electron chi connectivity index (χ3n) is 5.15. The molecule has 0 N–H and O–H groups in total. The van der Waals surface area contributed by atoms with Crippen molar-refractivity contribution in [2.24, 2.45) is 0 Å². The Morgan fingerprint density at radius 2 is 1.64 bits per heavy atom. The molecule has 0 bridgehead atoms. The van der Waals surface area contributed by atoms with E-state index in [-0.39, 0.29) is 23.4 Å². The van der Waals surface area contributed by atoms with Crippen LogP contribution in [0.2, 0.25) is 0 Å². The minimum Gasteiger partial charge on any atom is -0.451 e. The number of hydrogen-bond donors (Lipinski definition) is 0. The van der Waals surface area contributed by atoms with E-state index < -0.39 is 11.6 Å². The van der Waals surface area contributed by atoms with Gasteiger partial charge in [0, 0.05) is 30.3 Å². The van der Waals surface area contributed by atoms with E-state index in [1.807, 2.05) is 25.1 Å². The molecule has 4 aromatic rings. The van der Waals surface area contributed by atoms with Crippen molar-refractivity contribution in [3.8, 4) is 17.2 Å². The van der Waals surface area contributed by atoms with Crippen LogP contribution >= 0.6 is 11.8 Å². The van der Waals surface area contributed by atoms with Gasteiger partial charge in [0.15, 0.2) is 16.7 Å². The lowest BCUT2D eigenvalue weighted by Gasteiger charge is -2.11. The second-order valence-corrected chi connectivity index (χ2v) is 8.40. The van der Waals surface area contributed by atoms with Crippen LogP contribution in [0.25, 0.3) is 5.69 Å². The highest BCUT2D eigenvalue weighted by Gasteiger charge is 2.22. The molecular formula is C24H18F3N3O2S. The van der Waals surface area contributed by atoms with Crippen molar-refractivity contribution in [3.63, 3.8) is 0 Å². The van der Waals surface area contributed by atoms with Crippen molar-refractivity contribution < 1.29 is 22.6 Å². The fourth-order valence-electron chi connectivity index (χ4n) is 3.58. The van der Waals surface area contributed by atoms with Gasteiger partial charge >= 0.3 is 0 Å². The van der Waals surface area contributed by atoms with E-state index in [0.717, 1.165) is 17.3 Å². The Labute approximate surface area is 192 Å². The number of hydrogen-bond acceptors (Lipinski definition) is 5. The number of fused-ring (bicyclic) bond motifs is 1. The van der Waals surface area contributed by atoms with E-state index >= 15 is 0 Å². The first-order chi connectivity index (χ1) is 16.0. The zero-order valence-corrected chi connectivity index (χ0v) is 18.3. The predicted octanol–water partition coefficient (Wildman–Crippen LogP) is 5.68. The average molecular weight is 469 g/mol. The molecule has 0 amide bonds. The first-order valence-electron chi connectivity index (χ1n) is 10.2. The molecule has 9 heteroatoms. The zero-order chi connectivity index (χ0) is 22.9. The highest BCUT2D eigenvalue weighted by Crippen LogP contribution is 2.36. The second kappa shape index (κ2) is 8.82. The summed E-state index contributed by atoms with van der Waals surface area (Å²) in [4.78, 5) is 0. The SMILES string of the molecule is CC1Oc2ccc(Cc3nnc(SCc4c(F)cccc4F)n3-c3ccc(F)cc3)cc2O1. The molecule has 0 fully saturated rings. The monoisotopic (exact) mass is 469 g/mol. The molecule has 3 aromatic carbocycles. The summed E-state index contributed by atoms with van der Waals surface area (Å²) in [5.41, 5.74) is 1.52. The summed E-state index contributed by atoms with van der Waals surface area (Å²) >= 11 is 1.15. The van der Waals surface area contributed by atoms with Gasteiger partial charge in [0.05, 0.1) is 0 Å². The number of aromatic nitrogens is 3. The number of ether oxygens (including phenoxy) is 2. The molecule has 0 spiro atoms. The largest absolute Gasteiger partial charge is 0.451 e.